The summed E-state index contributed by atoms with van der Waals surface area (Å²) in [6.07, 6.45) is 2.28. The summed E-state index contributed by atoms with van der Waals surface area (Å²) in [5.41, 5.74) is 0.949. The van der Waals surface area contributed by atoms with Gasteiger partial charge in [0.05, 0.1) is 35.8 Å². The molecule has 0 unspecified atom stereocenters. The summed E-state index contributed by atoms with van der Waals surface area (Å²) in [4.78, 5) is 12.2. The van der Waals surface area contributed by atoms with Crippen molar-refractivity contribution in [2.24, 2.45) is 0 Å². The SMILES string of the molecule is Cc1occc1C(=O)Nc1cc2c(cc1Cl)OCCCO2. The molecule has 1 N–H and O–H groups in total. The average molecular weight is 308 g/mol. The number of furan rings is 1. The van der Waals surface area contributed by atoms with Crippen LogP contribution in [0.4, 0.5) is 5.69 Å². The van der Waals surface area contributed by atoms with E-state index in [1.807, 2.05) is 0 Å². The Morgan fingerprint density at radius 2 is 1.95 bits per heavy atom. The van der Waals surface area contributed by atoms with Crippen molar-refractivity contribution in [1.29, 1.82) is 0 Å². The lowest BCUT2D eigenvalue weighted by Gasteiger charge is -2.12. The third-order valence-electron chi connectivity index (χ3n) is 3.19. The van der Waals surface area contributed by atoms with Gasteiger partial charge in [-0.2, -0.15) is 0 Å². The normalized spacial score (nSPS) is 13.6. The van der Waals surface area contributed by atoms with E-state index in [9.17, 15) is 4.79 Å². The first-order valence-electron chi connectivity index (χ1n) is 6.60. The van der Waals surface area contributed by atoms with Gasteiger partial charge in [-0.3, -0.25) is 4.79 Å². The second-order valence-electron chi connectivity index (χ2n) is 4.67. The summed E-state index contributed by atoms with van der Waals surface area (Å²) < 4.78 is 16.3. The molecule has 0 aliphatic carbocycles. The van der Waals surface area contributed by atoms with Crippen molar-refractivity contribution in [3.63, 3.8) is 0 Å². The van der Waals surface area contributed by atoms with Crippen LogP contribution in [0.5, 0.6) is 11.5 Å². The lowest BCUT2D eigenvalue weighted by Crippen LogP contribution is -2.12. The lowest BCUT2D eigenvalue weighted by molar-refractivity contribution is 0.102. The number of benzene rings is 1. The van der Waals surface area contributed by atoms with Crippen molar-refractivity contribution in [2.45, 2.75) is 13.3 Å². The van der Waals surface area contributed by atoms with E-state index in [0.717, 1.165) is 6.42 Å². The van der Waals surface area contributed by atoms with Crippen LogP contribution in [-0.4, -0.2) is 19.1 Å². The summed E-state index contributed by atoms with van der Waals surface area (Å²) in [7, 11) is 0. The van der Waals surface area contributed by atoms with Crippen LogP contribution < -0.4 is 14.8 Å². The molecule has 0 fully saturated rings. The minimum Gasteiger partial charge on any atom is -0.490 e. The monoisotopic (exact) mass is 307 g/mol. The Balaban J connectivity index is 1.87. The third kappa shape index (κ3) is 2.83. The Kier molecular flexibility index (Phi) is 3.75. The lowest BCUT2D eigenvalue weighted by atomic mass is 10.2. The quantitative estimate of drug-likeness (QED) is 0.920. The van der Waals surface area contributed by atoms with E-state index in [4.69, 9.17) is 25.5 Å². The number of hydrogen-bond donors (Lipinski definition) is 1. The molecule has 3 rings (SSSR count). The smallest absolute Gasteiger partial charge is 0.259 e. The van der Waals surface area contributed by atoms with Gasteiger partial charge in [0.25, 0.3) is 5.91 Å². The molecule has 0 saturated carbocycles. The van der Waals surface area contributed by atoms with Gasteiger partial charge in [0, 0.05) is 18.6 Å². The first-order valence-corrected chi connectivity index (χ1v) is 6.97. The van der Waals surface area contributed by atoms with Gasteiger partial charge in [0.2, 0.25) is 0 Å². The molecule has 5 nitrogen and oxygen atoms in total. The Hall–Kier alpha value is -2.14. The molecular weight excluding hydrogens is 294 g/mol. The maximum Gasteiger partial charge on any atom is 0.259 e. The highest BCUT2D eigenvalue weighted by atomic mass is 35.5. The number of rotatable bonds is 2. The summed E-state index contributed by atoms with van der Waals surface area (Å²) in [6, 6.07) is 4.94. The number of ether oxygens (including phenoxy) is 2. The molecule has 0 spiro atoms. The zero-order valence-electron chi connectivity index (χ0n) is 11.4. The van der Waals surface area contributed by atoms with E-state index in [1.54, 1.807) is 25.1 Å². The molecule has 0 bridgehead atoms. The minimum atomic E-state index is -0.280. The van der Waals surface area contributed by atoms with Crippen molar-refractivity contribution >= 4 is 23.2 Å². The van der Waals surface area contributed by atoms with E-state index in [2.05, 4.69) is 5.32 Å². The highest BCUT2D eigenvalue weighted by molar-refractivity contribution is 6.34. The first kappa shape index (κ1) is 13.8. The summed E-state index contributed by atoms with van der Waals surface area (Å²) in [5, 5.41) is 3.15. The summed E-state index contributed by atoms with van der Waals surface area (Å²) in [6.45, 7) is 2.89. The van der Waals surface area contributed by atoms with Crippen LogP contribution in [0.15, 0.2) is 28.9 Å². The summed E-state index contributed by atoms with van der Waals surface area (Å²) >= 11 is 6.19. The highest BCUT2D eigenvalue weighted by Gasteiger charge is 2.17. The Morgan fingerprint density at radius 3 is 2.62 bits per heavy atom. The minimum absolute atomic E-state index is 0.280. The maximum atomic E-state index is 12.2. The molecule has 1 aromatic heterocycles. The summed E-state index contributed by atoms with van der Waals surface area (Å²) in [5.74, 6) is 1.45. The molecule has 1 amide bonds. The Morgan fingerprint density at radius 1 is 1.24 bits per heavy atom. The molecule has 1 aliphatic rings. The third-order valence-corrected chi connectivity index (χ3v) is 3.50. The van der Waals surface area contributed by atoms with E-state index >= 15 is 0 Å². The molecule has 1 aromatic carbocycles. The van der Waals surface area contributed by atoms with Gasteiger partial charge in [-0.05, 0) is 13.0 Å². The van der Waals surface area contributed by atoms with E-state index in [0.29, 0.717) is 46.7 Å². The second-order valence-corrected chi connectivity index (χ2v) is 5.08. The van der Waals surface area contributed by atoms with Crippen molar-refractivity contribution in [3.8, 4) is 11.5 Å². The molecule has 0 atom stereocenters. The molecule has 2 heterocycles. The number of carbonyl (C=O) groups excluding carboxylic acids is 1. The number of fused-ring (bicyclic) bond motifs is 1. The van der Waals surface area contributed by atoms with Crippen LogP contribution in [0, 0.1) is 6.92 Å². The average Bonchev–Trinajstić information content (AvgIpc) is 2.75. The molecular formula is C15H14ClNO4. The van der Waals surface area contributed by atoms with Crippen LogP contribution in [0.2, 0.25) is 5.02 Å². The van der Waals surface area contributed by atoms with Crippen LogP contribution >= 0.6 is 11.6 Å². The number of carbonyl (C=O) groups is 1. The fourth-order valence-corrected chi connectivity index (χ4v) is 2.29. The van der Waals surface area contributed by atoms with Gasteiger partial charge in [-0.15, -0.1) is 0 Å². The number of hydrogen-bond acceptors (Lipinski definition) is 4. The van der Waals surface area contributed by atoms with E-state index in [-0.39, 0.29) is 5.91 Å². The molecule has 0 radical (unpaired) electrons. The molecule has 0 saturated heterocycles. The van der Waals surface area contributed by atoms with Crippen LogP contribution in [0.25, 0.3) is 0 Å². The molecule has 2 aromatic rings. The van der Waals surface area contributed by atoms with Gasteiger partial charge >= 0.3 is 0 Å². The van der Waals surface area contributed by atoms with Crippen molar-refractivity contribution in [2.75, 3.05) is 18.5 Å². The van der Waals surface area contributed by atoms with Gasteiger partial charge in [-0.1, -0.05) is 11.6 Å². The molecule has 21 heavy (non-hydrogen) atoms. The predicted octanol–water partition coefficient (Wildman–Crippen LogP) is 3.66. The maximum absolute atomic E-state index is 12.2. The molecule has 110 valence electrons. The van der Waals surface area contributed by atoms with Crippen LogP contribution in [0.1, 0.15) is 22.5 Å². The van der Waals surface area contributed by atoms with Crippen LogP contribution in [-0.2, 0) is 0 Å². The molecule has 6 heteroatoms. The zero-order valence-corrected chi connectivity index (χ0v) is 12.2. The standard InChI is InChI=1S/C15H14ClNO4/c1-9-10(3-6-19-9)15(18)17-12-8-14-13(7-11(12)16)20-4-2-5-21-14/h3,6-8H,2,4-5H2,1H3,(H,17,18). The Bertz CT molecular complexity index is 680. The second kappa shape index (κ2) is 5.69. The zero-order chi connectivity index (χ0) is 14.8. The fourth-order valence-electron chi connectivity index (χ4n) is 2.09. The topological polar surface area (TPSA) is 60.7 Å². The number of nitrogens with one attached hydrogen (secondary N) is 1. The number of halogens is 1. The highest BCUT2D eigenvalue weighted by Crippen LogP contribution is 2.37. The number of aryl methyl sites for hydroxylation is 1. The van der Waals surface area contributed by atoms with Crippen molar-refractivity contribution in [3.05, 3.63) is 40.8 Å². The first-order chi connectivity index (χ1) is 10.1. The van der Waals surface area contributed by atoms with Gasteiger partial charge < -0.3 is 19.2 Å². The van der Waals surface area contributed by atoms with Crippen molar-refractivity contribution < 1.29 is 18.7 Å². The fraction of sp³-hybridized carbons (Fsp3) is 0.267. The number of amides is 1. The molecule has 1 aliphatic heterocycles. The van der Waals surface area contributed by atoms with E-state index in [1.165, 1.54) is 6.26 Å². The number of anilines is 1. The van der Waals surface area contributed by atoms with E-state index < -0.39 is 0 Å². The Labute approximate surface area is 126 Å². The largest absolute Gasteiger partial charge is 0.490 e. The van der Waals surface area contributed by atoms with Crippen molar-refractivity contribution in [1.82, 2.24) is 0 Å². The van der Waals surface area contributed by atoms with Gasteiger partial charge in [-0.25, -0.2) is 0 Å². The predicted molar refractivity (Wildman–Crippen MR) is 78.5 cm³/mol. The van der Waals surface area contributed by atoms with Gasteiger partial charge in [0.1, 0.15) is 5.76 Å². The van der Waals surface area contributed by atoms with Crippen LogP contribution in [0.3, 0.4) is 0 Å². The van der Waals surface area contributed by atoms with Gasteiger partial charge in [0.15, 0.2) is 11.5 Å².